The van der Waals surface area contributed by atoms with Gasteiger partial charge >= 0.3 is 36.4 Å². The fourth-order valence-corrected chi connectivity index (χ4v) is 0. The first-order valence-electron chi connectivity index (χ1n) is 0.488. The van der Waals surface area contributed by atoms with Crippen molar-refractivity contribution in [3.05, 3.63) is 0 Å². The van der Waals surface area contributed by atoms with E-state index in [1.165, 1.54) is 20.6 Å². The molecule has 1 radical (unpaired) electrons. The van der Waals surface area contributed by atoms with Crippen molar-refractivity contribution < 1.29 is 8.42 Å². The van der Waals surface area contributed by atoms with Crippen molar-refractivity contribution in [2.45, 2.75) is 0 Å². The average Bonchev–Trinajstić information content (AvgIpc) is 0.811. The van der Waals surface area contributed by atoms with Crippen LogP contribution in [0.4, 0.5) is 0 Å². The molecule has 0 N–H and O–H groups in total. The van der Waals surface area contributed by atoms with E-state index in [4.69, 9.17) is 8.42 Å². The monoisotopic (exact) mass is 191 g/mol. The second-order valence-electron chi connectivity index (χ2n) is 0.194. The quantitative estimate of drug-likeness (QED) is 0.513. The van der Waals surface area contributed by atoms with Gasteiger partial charge in [-0.2, -0.15) is 0 Å². The normalized spacial score (nSPS) is 6.00. The van der Waals surface area contributed by atoms with Gasteiger partial charge in [0.1, 0.15) is 0 Å². The van der Waals surface area contributed by atoms with Gasteiger partial charge in [0, 0.05) is 0 Å². The van der Waals surface area contributed by atoms with E-state index in [9.17, 15) is 0 Å². The summed E-state index contributed by atoms with van der Waals surface area (Å²) in [4.78, 5) is 0. The summed E-state index contributed by atoms with van der Waals surface area (Å²) in [5.74, 6) is 0. The second-order valence-corrected chi connectivity index (χ2v) is 2.74. The van der Waals surface area contributed by atoms with Gasteiger partial charge in [0.15, 0.2) is 0 Å². The van der Waals surface area contributed by atoms with Crippen LogP contribution in [-0.4, -0.2) is 8.42 Å². The molecular formula is IO2S. The summed E-state index contributed by atoms with van der Waals surface area (Å²) in [6.45, 7) is 0. The van der Waals surface area contributed by atoms with Crippen LogP contribution in [0.1, 0.15) is 0 Å². The fourth-order valence-electron chi connectivity index (χ4n) is 0. The molecule has 4 heavy (non-hydrogen) atoms. The molecule has 0 aliphatic carbocycles. The summed E-state index contributed by atoms with van der Waals surface area (Å²) in [7, 11) is -1.89. The maximum atomic E-state index is 8.99. The molecular weight excluding hydrogens is 191 g/mol. The Labute approximate surface area is 36.7 Å². The van der Waals surface area contributed by atoms with Gasteiger partial charge in [0.2, 0.25) is 0 Å². The second kappa shape index (κ2) is 1.83. The van der Waals surface area contributed by atoms with E-state index in [1.807, 2.05) is 0 Å². The predicted octanol–water partition coefficient (Wildman–Crippen LogP) is 0.216. The molecule has 0 aromatic carbocycles. The van der Waals surface area contributed by atoms with Crippen molar-refractivity contribution in [2.24, 2.45) is 0 Å². The first-order chi connectivity index (χ1) is 1.73. The summed E-state index contributed by atoms with van der Waals surface area (Å²) in [6.07, 6.45) is 0. The molecule has 0 bridgehead atoms. The third-order valence-corrected chi connectivity index (χ3v) is 0. The molecule has 0 amide bonds. The first kappa shape index (κ1) is 4.55. The van der Waals surface area contributed by atoms with Crippen molar-refractivity contribution in [3.8, 4) is 0 Å². The van der Waals surface area contributed by atoms with Gasteiger partial charge < -0.3 is 0 Å². The van der Waals surface area contributed by atoms with Crippen LogP contribution in [0.5, 0.6) is 0 Å². The van der Waals surface area contributed by atoms with E-state index < -0.39 is 7.35 Å². The number of hydrogen-bond acceptors (Lipinski definition) is 2. The van der Waals surface area contributed by atoms with Crippen molar-refractivity contribution in [1.82, 2.24) is 0 Å². The van der Waals surface area contributed by atoms with Crippen molar-refractivity contribution in [1.29, 1.82) is 0 Å². The SMILES string of the molecule is O=S(=O)=[I]. The van der Waals surface area contributed by atoms with Crippen LogP contribution in [0, 0.1) is 0 Å². The molecule has 0 aliphatic heterocycles. The van der Waals surface area contributed by atoms with Crippen LogP contribution in [0.25, 0.3) is 0 Å². The Morgan fingerprint density at radius 1 is 1.50 bits per heavy atom. The molecule has 0 atom stereocenters. The minimum absolute atomic E-state index is 1.26. The zero-order valence-corrected chi connectivity index (χ0v) is 4.58. The number of hydrogen-bond donors (Lipinski definition) is 0. The zero-order chi connectivity index (χ0) is 3.58. The third-order valence-electron chi connectivity index (χ3n) is 0. The van der Waals surface area contributed by atoms with Crippen molar-refractivity contribution in [2.75, 3.05) is 0 Å². The number of rotatable bonds is 0. The van der Waals surface area contributed by atoms with Gasteiger partial charge in [0.25, 0.3) is 0 Å². The molecule has 2 nitrogen and oxygen atoms in total. The van der Waals surface area contributed by atoms with Crippen LogP contribution < -0.4 is 0 Å². The van der Waals surface area contributed by atoms with Crippen molar-refractivity contribution >= 4 is 28.0 Å². The molecule has 0 saturated carbocycles. The predicted molar refractivity (Wildman–Crippen MR) is 22.9 cm³/mol. The maximum absolute atomic E-state index is 8.99. The Morgan fingerprint density at radius 2 is 1.50 bits per heavy atom. The summed E-state index contributed by atoms with van der Waals surface area (Å²) >= 11 is 1.26. The Hall–Kier alpha value is 0.550. The Bertz CT molecular complexity index is 75.4. The van der Waals surface area contributed by atoms with Crippen LogP contribution in [-0.2, 0) is 7.35 Å². The summed E-state index contributed by atoms with van der Waals surface area (Å²) in [6, 6.07) is 0. The van der Waals surface area contributed by atoms with Gasteiger partial charge in [-0.3, -0.25) is 0 Å². The Kier molecular flexibility index (Phi) is 2.08. The van der Waals surface area contributed by atoms with Gasteiger partial charge in [-0.15, -0.1) is 0 Å². The van der Waals surface area contributed by atoms with Gasteiger partial charge in [-0.25, -0.2) is 0 Å². The molecule has 0 rings (SSSR count). The molecule has 25 valence electrons. The summed E-state index contributed by atoms with van der Waals surface area (Å²) < 4.78 is 18.0. The molecule has 0 unspecified atom stereocenters. The topological polar surface area (TPSA) is 34.1 Å². The standard InChI is InChI=1S/IO2S/c1-4(2)3. The molecule has 0 spiro atoms. The zero-order valence-electron chi connectivity index (χ0n) is 1.60. The van der Waals surface area contributed by atoms with E-state index >= 15 is 0 Å². The summed E-state index contributed by atoms with van der Waals surface area (Å²) in [5.41, 5.74) is 0. The Balaban J connectivity index is 4.65. The van der Waals surface area contributed by atoms with Gasteiger partial charge in [-0.05, 0) is 0 Å². The Morgan fingerprint density at radius 3 is 1.50 bits per heavy atom. The molecule has 0 fully saturated rings. The fraction of sp³-hybridized carbons (Fsp3) is 0. The van der Waals surface area contributed by atoms with Crippen molar-refractivity contribution in [3.63, 3.8) is 0 Å². The third kappa shape index (κ3) is 20.3. The van der Waals surface area contributed by atoms with E-state index in [2.05, 4.69) is 0 Å². The van der Waals surface area contributed by atoms with E-state index in [0.717, 1.165) is 0 Å². The molecule has 0 heterocycles. The van der Waals surface area contributed by atoms with Crippen LogP contribution in [0.3, 0.4) is 0 Å². The minimum atomic E-state index is -1.89. The average molecular weight is 191 g/mol. The molecule has 0 aliphatic rings. The number of halogens is 1. The van der Waals surface area contributed by atoms with Crippen LogP contribution >= 0.6 is 20.6 Å². The summed E-state index contributed by atoms with van der Waals surface area (Å²) in [5, 5.41) is 0. The van der Waals surface area contributed by atoms with E-state index in [0.29, 0.717) is 0 Å². The first-order valence-corrected chi connectivity index (χ1v) is 4.11. The molecule has 0 aromatic heterocycles. The molecule has 4 heteroatoms. The van der Waals surface area contributed by atoms with Gasteiger partial charge in [0.05, 0.1) is 0 Å². The van der Waals surface area contributed by atoms with Gasteiger partial charge in [-0.1, -0.05) is 0 Å². The van der Waals surface area contributed by atoms with Crippen LogP contribution in [0.15, 0.2) is 0 Å². The van der Waals surface area contributed by atoms with E-state index in [-0.39, 0.29) is 0 Å². The molecule has 0 saturated heterocycles. The van der Waals surface area contributed by atoms with E-state index in [1.54, 1.807) is 0 Å². The van der Waals surface area contributed by atoms with Crippen LogP contribution in [0.2, 0.25) is 0 Å². The molecule has 0 aromatic rings.